The molecule has 8 heteroatoms. The highest BCUT2D eigenvalue weighted by molar-refractivity contribution is 5.68. The van der Waals surface area contributed by atoms with Gasteiger partial charge in [-0.15, -0.1) is 0 Å². The second-order valence-electron chi connectivity index (χ2n) is 8.01. The van der Waals surface area contributed by atoms with Crippen LogP contribution in [0.3, 0.4) is 0 Å². The molecule has 1 aliphatic rings. The van der Waals surface area contributed by atoms with E-state index in [2.05, 4.69) is 0 Å². The average molecular weight is 402 g/mol. The summed E-state index contributed by atoms with van der Waals surface area (Å²) in [4.78, 5) is 16.0. The van der Waals surface area contributed by atoms with Crippen molar-refractivity contribution in [2.24, 2.45) is 0 Å². The Morgan fingerprint density at radius 2 is 1.89 bits per heavy atom. The van der Waals surface area contributed by atoms with Gasteiger partial charge in [-0.2, -0.15) is 13.2 Å². The normalized spacial score (nSPS) is 18.9. The molecule has 1 amide bonds. The van der Waals surface area contributed by atoms with Gasteiger partial charge in [-0.3, -0.25) is 4.90 Å². The number of carbonyl (C=O) groups is 1. The summed E-state index contributed by atoms with van der Waals surface area (Å²) < 4.78 is 50.2. The number of alkyl halides is 3. The second-order valence-corrected chi connectivity index (χ2v) is 8.01. The number of hydrogen-bond acceptors (Lipinski definition) is 4. The quantitative estimate of drug-likeness (QED) is 0.741. The summed E-state index contributed by atoms with van der Waals surface area (Å²) in [6.45, 7) is 11.4. The summed E-state index contributed by atoms with van der Waals surface area (Å²) in [6.07, 6.45) is -4.77. The zero-order valence-corrected chi connectivity index (χ0v) is 17.1. The molecule has 0 spiro atoms. The van der Waals surface area contributed by atoms with Crippen LogP contribution in [-0.2, 0) is 17.5 Å². The average Bonchev–Trinajstić information content (AvgIpc) is 2.54. The van der Waals surface area contributed by atoms with Gasteiger partial charge >= 0.3 is 12.3 Å². The van der Waals surface area contributed by atoms with Crippen LogP contribution in [0.2, 0.25) is 0 Å². The first-order valence-corrected chi connectivity index (χ1v) is 9.45. The lowest BCUT2D eigenvalue weighted by atomic mass is 10.1. The van der Waals surface area contributed by atoms with Crippen molar-refractivity contribution in [1.29, 1.82) is 0 Å². The Balaban J connectivity index is 2.09. The molecule has 1 aliphatic heterocycles. The summed E-state index contributed by atoms with van der Waals surface area (Å²) in [7, 11) is 0. The molecule has 1 fully saturated rings. The van der Waals surface area contributed by atoms with Crippen LogP contribution < -0.4 is 4.74 Å². The topological polar surface area (TPSA) is 42.0 Å². The number of halogens is 3. The number of amides is 1. The van der Waals surface area contributed by atoms with Crippen LogP contribution in [0.15, 0.2) is 18.2 Å². The van der Waals surface area contributed by atoms with Crippen LogP contribution in [0.5, 0.6) is 5.75 Å². The van der Waals surface area contributed by atoms with Gasteiger partial charge in [0.2, 0.25) is 0 Å². The number of benzene rings is 1. The van der Waals surface area contributed by atoms with Crippen LogP contribution >= 0.6 is 0 Å². The van der Waals surface area contributed by atoms with Gasteiger partial charge < -0.3 is 14.4 Å². The summed E-state index contributed by atoms with van der Waals surface area (Å²) in [5.74, 6) is 0.456. The molecule has 0 bridgehead atoms. The molecule has 0 radical (unpaired) electrons. The Kier molecular flexibility index (Phi) is 6.85. The molecule has 28 heavy (non-hydrogen) atoms. The van der Waals surface area contributed by atoms with E-state index in [1.807, 2.05) is 32.6 Å². The minimum atomic E-state index is -4.40. The van der Waals surface area contributed by atoms with Gasteiger partial charge in [-0.25, -0.2) is 4.79 Å². The largest absolute Gasteiger partial charge is 0.494 e. The van der Waals surface area contributed by atoms with Gasteiger partial charge in [-0.05, 0) is 52.8 Å². The lowest BCUT2D eigenvalue weighted by Gasteiger charge is -2.40. The molecule has 1 saturated heterocycles. The first-order valence-electron chi connectivity index (χ1n) is 9.45. The van der Waals surface area contributed by atoms with Gasteiger partial charge in [0.1, 0.15) is 11.4 Å². The van der Waals surface area contributed by atoms with Crippen molar-refractivity contribution in [3.05, 3.63) is 29.3 Å². The molecule has 0 unspecified atom stereocenters. The lowest BCUT2D eigenvalue weighted by molar-refractivity contribution is -0.137. The van der Waals surface area contributed by atoms with Gasteiger partial charge in [-0.1, -0.05) is 0 Å². The molecule has 0 saturated carbocycles. The van der Waals surface area contributed by atoms with Crippen molar-refractivity contribution in [2.45, 2.75) is 59.0 Å². The Hall–Kier alpha value is -1.96. The number of rotatable bonds is 4. The molecule has 1 aromatic rings. The first-order chi connectivity index (χ1) is 12.9. The predicted molar refractivity (Wildman–Crippen MR) is 100 cm³/mol. The van der Waals surface area contributed by atoms with E-state index in [-0.39, 0.29) is 12.1 Å². The van der Waals surface area contributed by atoms with Gasteiger partial charge in [0.15, 0.2) is 0 Å². The molecule has 1 atom stereocenters. The van der Waals surface area contributed by atoms with Gasteiger partial charge in [0, 0.05) is 37.8 Å². The van der Waals surface area contributed by atoms with Crippen molar-refractivity contribution in [3.63, 3.8) is 0 Å². The number of nitrogens with zero attached hydrogens (tertiary/aromatic N) is 2. The van der Waals surface area contributed by atoms with Crippen LogP contribution in [0, 0.1) is 0 Å². The maximum atomic E-state index is 13.1. The van der Waals surface area contributed by atoms with Crippen molar-refractivity contribution in [3.8, 4) is 5.75 Å². The lowest BCUT2D eigenvalue weighted by Crippen LogP contribution is -2.54. The SMILES string of the molecule is CCOc1ccc(C(F)(F)F)cc1CN1CCN(C(=O)OC(C)(C)C)[C@@H](C)C1. The van der Waals surface area contributed by atoms with E-state index in [9.17, 15) is 18.0 Å². The molecule has 1 heterocycles. The summed E-state index contributed by atoms with van der Waals surface area (Å²) in [5, 5.41) is 0. The zero-order chi connectivity index (χ0) is 21.1. The Morgan fingerprint density at radius 1 is 1.21 bits per heavy atom. The monoisotopic (exact) mass is 402 g/mol. The van der Waals surface area contributed by atoms with Crippen molar-refractivity contribution in [2.75, 3.05) is 26.2 Å². The summed E-state index contributed by atoms with van der Waals surface area (Å²) in [5.41, 5.74) is -0.765. The van der Waals surface area contributed by atoms with Gasteiger partial charge in [0.05, 0.1) is 12.2 Å². The molecule has 158 valence electrons. The fourth-order valence-electron chi connectivity index (χ4n) is 3.19. The Labute approximate surface area is 164 Å². The predicted octanol–water partition coefficient (Wildman–Crippen LogP) is 4.55. The minimum Gasteiger partial charge on any atom is -0.494 e. The van der Waals surface area contributed by atoms with Crippen LogP contribution in [0.1, 0.15) is 45.7 Å². The fourth-order valence-corrected chi connectivity index (χ4v) is 3.19. The third-order valence-electron chi connectivity index (χ3n) is 4.42. The Morgan fingerprint density at radius 3 is 2.43 bits per heavy atom. The van der Waals surface area contributed by atoms with E-state index >= 15 is 0 Å². The molecule has 0 N–H and O–H groups in total. The van der Waals surface area contributed by atoms with Crippen LogP contribution in [-0.4, -0.2) is 53.8 Å². The number of piperazine rings is 1. The smallest absolute Gasteiger partial charge is 0.416 e. The maximum absolute atomic E-state index is 13.1. The van der Waals surface area contributed by atoms with Crippen molar-refractivity contribution < 1.29 is 27.4 Å². The van der Waals surface area contributed by atoms with E-state index in [1.165, 1.54) is 6.07 Å². The highest BCUT2D eigenvalue weighted by atomic mass is 19.4. The number of hydrogen-bond donors (Lipinski definition) is 0. The maximum Gasteiger partial charge on any atom is 0.416 e. The van der Waals surface area contributed by atoms with Crippen LogP contribution in [0.4, 0.5) is 18.0 Å². The number of ether oxygens (including phenoxy) is 2. The molecule has 0 aliphatic carbocycles. The van der Waals surface area contributed by atoms with Crippen molar-refractivity contribution >= 4 is 6.09 Å². The highest BCUT2D eigenvalue weighted by Crippen LogP contribution is 2.33. The molecule has 0 aromatic heterocycles. The van der Waals surface area contributed by atoms with E-state index < -0.39 is 17.3 Å². The third kappa shape index (κ3) is 6.02. The summed E-state index contributed by atoms with van der Waals surface area (Å²) >= 11 is 0. The molecular weight excluding hydrogens is 373 g/mol. The highest BCUT2D eigenvalue weighted by Gasteiger charge is 2.33. The summed E-state index contributed by atoms with van der Waals surface area (Å²) in [6, 6.07) is 3.46. The van der Waals surface area contributed by atoms with E-state index in [1.54, 1.807) is 11.8 Å². The Bertz CT molecular complexity index is 686. The van der Waals surface area contributed by atoms with Crippen molar-refractivity contribution in [1.82, 2.24) is 9.80 Å². The van der Waals surface area contributed by atoms with Gasteiger partial charge in [0.25, 0.3) is 0 Å². The molecular formula is C20H29F3N2O3. The first kappa shape index (κ1) is 22.3. The van der Waals surface area contributed by atoms with E-state index in [0.29, 0.717) is 44.1 Å². The van der Waals surface area contributed by atoms with Crippen LogP contribution in [0.25, 0.3) is 0 Å². The standard InChI is InChI=1S/C20H29F3N2O3/c1-6-27-17-8-7-16(20(21,22)23)11-15(17)13-24-9-10-25(14(2)12-24)18(26)28-19(3,4)5/h7-8,11,14H,6,9-10,12-13H2,1-5H3/t14-/m0/s1. The zero-order valence-electron chi connectivity index (χ0n) is 17.1. The molecule has 1 aromatic carbocycles. The second kappa shape index (κ2) is 8.59. The number of carbonyl (C=O) groups excluding carboxylic acids is 1. The molecule has 5 nitrogen and oxygen atoms in total. The fraction of sp³-hybridized carbons (Fsp3) is 0.650. The molecule has 2 rings (SSSR count). The van der Waals surface area contributed by atoms with E-state index in [4.69, 9.17) is 9.47 Å². The van der Waals surface area contributed by atoms with E-state index in [0.717, 1.165) is 12.1 Å². The minimum absolute atomic E-state index is 0.107. The third-order valence-corrected chi connectivity index (χ3v) is 4.42.